The van der Waals surface area contributed by atoms with Crippen molar-refractivity contribution >= 4 is 23.4 Å². The third kappa shape index (κ3) is 5.13. The summed E-state index contributed by atoms with van der Waals surface area (Å²) < 4.78 is 10.7. The predicted molar refractivity (Wildman–Crippen MR) is 111 cm³/mol. The Balaban J connectivity index is 1.54. The molecule has 2 aromatic carbocycles. The van der Waals surface area contributed by atoms with Crippen LogP contribution in [0.1, 0.15) is 26.3 Å². The predicted octanol–water partition coefficient (Wildman–Crippen LogP) is 4.77. The zero-order valence-electron chi connectivity index (χ0n) is 16.4. The van der Waals surface area contributed by atoms with Crippen molar-refractivity contribution in [2.45, 2.75) is 31.4 Å². The van der Waals surface area contributed by atoms with Gasteiger partial charge >= 0.3 is 0 Å². The molecule has 0 atom stereocenters. The number of hydrogen-bond acceptors (Lipinski definition) is 6. The third-order valence-corrected chi connectivity index (χ3v) is 4.92. The van der Waals surface area contributed by atoms with Gasteiger partial charge in [0.15, 0.2) is 0 Å². The van der Waals surface area contributed by atoms with Crippen LogP contribution < -0.4 is 10.1 Å². The van der Waals surface area contributed by atoms with Crippen LogP contribution in [-0.4, -0.2) is 29.0 Å². The maximum Gasteiger partial charge on any atom is 0.277 e. The third-order valence-electron chi connectivity index (χ3n) is 4.10. The number of nitrogens with one attached hydrogen (secondary N) is 1. The minimum Gasteiger partial charge on any atom is -0.497 e. The molecule has 1 heterocycles. The minimum absolute atomic E-state index is 0.0813. The topological polar surface area (TPSA) is 77.2 Å². The van der Waals surface area contributed by atoms with Crippen molar-refractivity contribution in [2.75, 3.05) is 18.2 Å². The highest BCUT2D eigenvalue weighted by atomic mass is 32.2. The Hall–Kier alpha value is -2.80. The van der Waals surface area contributed by atoms with Gasteiger partial charge in [0.1, 0.15) is 5.75 Å². The average molecular weight is 398 g/mol. The van der Waals surface area contributed by atoms with Crippen LogP contribution in [0.25, 0.3) is 11.5 Å². The van der Waals surface area contributed by atoms with Crippen LogP contribution in [0.2, 0.25) is 0 Å². The number of anilines is 1. The number of hydrogen-bond donors (Lipinski definition) is 1. The molecule has 3 rings (SSSR count). The summed E-state index contributed by atoms with van der Waals surface area (Å²) in [6, 6.07) is 15.2. The first-order valence-electron chi connectivity index (χ1n) is 8.86. The van der Waals surface area contributed by atoms with Crippen molar-refractivity contribution in [2.24, 2.45) is 0 Å². The van der Waals surface area contributed by atoms with Crippen LogP contribution in [-0.2, 0) is 10.2 Å². The molecule has 146 valence electrons. The average Bonchev–Trinajstić information content (AvgIpc) is 3.15. The number of carbonyl (C=O) groups excluding carboxylic acids is 1. The monoisotopic (exact) mass is 397 g/mol. The van der Waals surface area contributed by atoms with Crippen molar-refractivity contribution in [3.8, 4) is 17.2 Å². The summed E-state index contributed by atoms with van der Waals surface area (Å²) in [6.45, 7) is 6.46. The quantitative estimate of drug-likeness (QED) is 0.604. The van der Waals surface area contributed by atoms with Gasteiger partial charge in [-0.25, -0.2) is 0 Å². The molecule has 3 aromatic rings. The molecular formula is C21H23N3O3S. The van der Waals surface area contributed by atoms with Gasteiger partial charge < -0.3 is 14.5 Å². The van der Waals surface area contributed by atoms with Gasteiger partial charge in [0.25, 0.3) is 5.22 Å². The molecule has 0 aliphatic rings. The van der Waals surface area contributed by atoms with E-state index in [1.807, 2.05) is 48.5 Å². The van der Waals surface area contributed by atoms with Crippen LogP contribution in [0.15, 0.2) is 58.2 Å². The number of nitrogens with zero attached hydrogens (tertiary/aromatic N) is 2. The van der Waals surface area contributed by atoms with Crippen molar-refractivity contribution in [3.63, 3.8) is 0 Å². The molecule has 0 radical (unpaired) electrons. The molecule has 0 unspecified atom stereocenters. The van der Waals surface area contributed by atoms with E-state index in [2.05, 4.69) is 36.3 Å². The van der Waals surface area contributed by atoms with E-state index in [9.17, 15) is 4.79 Å². The van der Waals surface area contributed by atoms with E-state index < -0.39 is 0 Å². The highest BCUT2D eigenvalue weighted by Gasteiger charge is 2.14. The molecule has 0 aliphatic carbocycles. The minimum atomic E-state index is -0.127. The second-order valence-electron chi connectivity index (χ2n) is 7.27. The number of carbonyl (C=O) groups is 1. The Morgan fingerprint density at radius 2 is 1.75 bits per heavy atom. The summed E-state index contributed by atoms with van der Waals surface area (Å²) in [7, 11) is 1.61. The standard InChI is InChI=1S/C21H23N3O3S/c1-21(2,3)15-7-9-16(10-8-15)22-18(25)13-28-20-24-23-19(27-20)14-5-11-17(26-4)12-6-14/h5-12H,13H2,1-4H3,(H,22,25). The van der Waals surface area contributed by atoms with Gasteiger partial charge in [0, 0.05) is 11.3 Å². The lowest BCUT2D eigenvalue weighted by atomic mass is 9.87. The Bertz CT molecular complexity index is 929. The first-order chi connectivity index (χ1) is 13.3. The summed E-state index contributed by atoms with van der Waals surface area (Å²) in [5.41, 5.74) is 2.86. The molecule has 0 spiro atoms. The summed E-state index contributed by atoms with van der Waals surface area (Å²) in [4.78, 5) is 12.2. The molecule has 1 aromatic heterocycles. The smallest absolute Gasteiger partial charge is 0.277 e. The highest BCUT2D eigenvalue weighted by Crippen LogP contribution is 2.26. The number of benzene rings is 2. The van der Waals surface area contributed by atoms with Gasteiger partial charge in [0.05, 0.1) is 12.9 Å². The Morgan fingerprint density at radius 1 is 1.07 bits per heavy atom. The van der Waals surface area contributed by atoms with E-state index in [1.165, 1.54) is 17.3 Å². The van der Waals surface area contributed by atoms with E-state index in [1.54, 1.807) is 7.11 Å². The van der Waals surface area contributed by atoms with Gasteiger partial charge in [-0.3, -0.25) is 4.79 Å². The van der Waals surface area contributed by atoms with E-state index >= 15 is 0 Å². The first-order valence-corrected chi connectivity index (χ1v) is 9.85. The van der Waals surface area contributed by atoms with Crippen molar-refractivity contribution in [1.29, 1.82) is 0 Å². The van der Waals surface area contributed by atoms with E-state index in [4.69, 9.17) is 9.15 Å². The maximum absolute atomic E-state index is 12.2. The number of methoxy groups -OCH3 is 1. The zero-order chi connectivity index (χ0) is 20.1. The van der Waals surface area contributed by atoms with Crippen LogP contribution >= 0.6 is 11.8 Å². The van der Waals surface area contributed by atoms with Gasteiger partial charge in [-0.15, -0.1) is 10.2 Å². The normalized spacial score (nSPS) is 11.3. The lowest BCUT2D eigenvalue weighted by Crippen LogP contribution is -2.15. The summed E-state index contributed by atoms with van der Waals surface area (Å²) in [6.07, 6.45) is 0. The highest BCUT2D eigenvalue weighted by molar-refractivity contribution is 7.99. The fraction of sp³-hybridized carbons (Fsp3) is 0.286. The molecule has 0 aliphatic heterocycles. The molecule has 0 saturated heterocycles. The molecule has 1 amide bonds. The van der Waals surface area contributed by atoms with Gasteiger partial charge in [-0.1, -0.05) is 44.7 Å². The zero-order valence-corrected chi connectivity index (χ0v) is 17.2. The lowest BCUT2D eigenvalue weighted by molar-refractivity contribution is -0.113. The Kier molecular flexibility index (Phi) is 6.04. The maximum atomic E-state index is 12.2. The Labute approximate surface area is 168 Å². The molecular weight excluding hydrogens is 374 g/mol. The SMILES string of the molecule is COc1ccc(-c2nnc(SCC(=O)Nc3ccc(C(C)(C)C)cc3)o2)cc1. The molecule has 6 nitrogen and oxygen atoms in total. The van der Waals surface area contributed by atoms with Crippen molar-refractivity contribution < 1.29 is 13.9 Å². The molecule has 7 heteroatoms. The summed E-state index contributed by atoms with van der Waals surface area (Å²) in [5.74, 6) is 1.22. The number of rotatable bonds is 6. The van der Waals surface area contributed by atoms with Gasteiger partial charge in [-0.2, -0.15) is 0 Å². The van der Waals surface area contributed by atoms with Crippen LogP contribution in [0.3, 0.4) is 0 Å². The van der Waals surface area contributed by atoms with Crippen molar-refractivity contribution in [1.82, 2.24) is 10.2 Å². The number of ether oxygens (including phenoxy) is 1. The molecule has 0 fully saturated rings. The van der Waals surface area contributed by atoms with Gasteiger partial charge in [-0.05, 0) is 47.4 Å². The summed E-state index contributed by atoms with van der Waals surface area (Å²) >= 11 is 1.20. The first kappa shape index (κ1) is 19.9. The second-order valence-corrected chi connectivity index (χ2v) is 8.19. The molecule has 1 N–H and O–H groups in total. The number of thioether (sulfide) groups is 1. The molecule has 0 bridgehead atoms. The fourth-order valence-corrected chi connectivity index (χ4v) is 3.06. The van der Waals surface area contributed by atoms with Crippen LogP contribution in [0.5, 0.6) is 5.75 Å². The van der Waals surface area contributed by atoms with E-state index in [0.29, 0.717) is 11.1 Å². The fourth-order valence-electron chi connectivity index (χ4n) is 2.50. The second kappa shape index (κ2) is 8.48. The molecule has 0 saturated carbocycles. The van der Waals surface area contributed by atoms with Crippen molar-refractivity contribution in [3.05, 3.63) is 54.1 Å². The summed E-state index contributed by atoms with van der Waals surface area (Å²) in [5, 5.41) is 11.2. The molecule has 28 heavy (non-hydrogen) atoms. The van der Waals surface area contributed by atoms with Crippen LogP contribution in [0.4, 0.5) is 5.69 Å². The van der Waals surface area contributed by atoms with E-state index in [0.717, 1.165) is 17.0 Å². The number of amides is 1. The lowest BCUT2D eigenvalue weighted by Gasteiger charge is -2.19. The number of aromatic nitrogens is 2. The largest absolute Gasteiger partial charge is 0.497 e. The van der Waals surface area contributed by atoms with E-state index in [-0.39, 0.29) is 17.1 Å². The van der Waals surface area contributed by atoms with Crippen LogP contribution in [0, 0.1) is 0 Å². The van der Waals surface area contributed by atoms with Gasteiger partial charge in [0.2, 0.25) is 11.8 Å². The Morgan fingerprint density at radius 3 is 2.36 bits per heavy atom.